The van der Waals surface area contributed by atoms with Gasteiger partial charge < -0.3 is 10.2 Å². The summed E-state index contributed by atoms with van der Waals surface area (Å²) >= 11 is 0. The van der Waals surface area contributed by atoms with Gasteiger partial charge in [0.2, 0.25) is 11.8 Å². The first-order valence-electron chi connectivity index (χ1n) is 14.3. The molecule has 6 rings (SSSR count). The van der Waals surface area contributed by atoms with Crippen LogP contribution in [0.3, 0.4) is 0 Å². The Hall–Kier alpha value is -4.61. The zero-order chi connectivity index (χ0) is 31.6. The topological polar surface area (TPSA) is 110 Å². The molecule has 1 aliphatic carbocycles. The summed E-state index contributed by atoms with van der Waals surface area (Å²) in [5.74, 6) is -0.967. The summed E-state index contributed by atoms with van der Waals surface area (Å²) < 4.78 is 43.5. The van der Waals surface area contributed by atoms with E-state index in [0.717, 1.165) is 16.7 Å². The number of benzene rings is 2. The average Bonchev–Trinajstić information content (AvgIpc) is 3.32. The van der Waals surface area contributed by atoms with Gasteiger partial charge in [-0.15, -0.1) is 0 Å². The van der Waals surface area contributed by atoms with Crippen molar-refractivity contribution in [1.29, 1.82) is 0 Å². The van der Waals surface area contributed by atoms with E-state index in [9.17, 15) is 27.6 Å². The summed E-state index contributed by atoms with van der Waals surface area (Å²) in [6, 6.07) is 7.34. The van der Waals surface area contributed by atoms with Crippen molar-refractivity contribution >= 4 is 28.5 Å². The summed E-state index contributed by atoms with van der Waals surface area (Å²) in [4.78, 5) is 49.8. The normalized spacial score (nSPS) is 21.7. The molecule has 2 aromatic carbocycles. The van der Waals surface area contributed by atoms with Crippen LogP contribution >= 0.6 is 0 Å². The molecule has 2 aliphatic rings. The summed E-state index contributed by atoms with van der Waals surface area (Å²) in [7, 11) is 0. The smallest absolute Gasteiger partial charge is 0.339 e. The molecule has 0 spiro atoms. The Morgan fingerprint density at radius 3 is 2.36 bits per heavy atom. The third-order valence-electron chi connectivity index (χ3n) is 8.74. The zero-order valence-electron chi connectivity index (χ0n) is 24.6. The van der Waals surface area contributed by atoms with Crippen molar-refractivity contribution in [2.75, 3.05) is 0 Å². The lowest BCUT2D eigenvalue weighted by molar-refractivity contribution is -0.165. The number of hydrogen-bond donors (Lipinski definition) is 1. The zero-order valence-corrected chi connectivity index (χ0v) is 24.6. The van der Waals surface area contributed by atoms with Crippen LogP contribution in [0.4, 0.5) is 13.2 Å². The Kier molecular flexibility index (Phi) is 7.05. The minimum absolute atomic E-state index is 0.0904. The van der Waals surface area contributed by atoms with E-state index in [0.29, 0.717) is 23.1 Å². The highest BCUT2D eigenvalue weighted by molar-refractivity contribution is 6.07. The highest BCUT2D eigenvalue weighted by Crippen LogP contribution is 2.59. The van der Waals surface area contributed by atoms with Crippen LogP contribution in [0.2, 0.25) is 0 Å². The molecule has 12 heteroatoms. The van der Waals surface area contributed by atoms with Gasteiger partial charge >= 0.3 is 6.18 Å². The van der Waals surface area contributed by atoms with Crippen molar-refractivity contribution in [3.05, 3.63) is 77.5 Å². The molecular formula is C32H31F3N6O3. The molecule has 0 unspecified atom stereocenters. The van der Waals surface area contributed by atoms with E-state index < -0.39 is 30.1 Å². The van der Waals surface area contributed by atoms with Gasteiger partial charge in [0.25, 0.3) is 0 Å². The predicted octanol–water partition coefficient (Wildman–Crippen LogP) is 5.11. The highest BCUT2D eigenvalue weighted by atomic mass is 19.4. The van der Waals surface area contributed by atoms with Crippen LogP contribution in [0.25, 0.3) is 22.0 Å². The largest absolute Gasteiger partial charge is 0.412 e. The van der Waals surface area contributed by atoms with Gasteiger partial charge in [-0.2, -0.15) is 18.3 Å². The second kappa shape index (κ2) is 10.5. The summed E-state index contributed by atoms with van der Waals surface area (Å²) in [6.45, 7) is 6.67. The Morgan fingerprint density at radius 2 is 1.73 bits per heavy atom. The first kappa shape index (κ1) is 29.5. The van der Waals surface area contributed by atoms with Crippen LogP contribution in [0, 0.1) is 19.3 Å². The Balaban J connectivity index is 1.31. The number of aromatic nitrogens is 4. The molecule has 0 radical (unpaired) electrons. The summed E-state index contributed by atoms with van der Waals surface area (Å²) in [6.07, 6.45) is -0.430. The number of ketones is 1. The van der Waals surface area contributed by atoms with E-state index in [1.54, 1.807) is 25.4 Å². The minimum Gasteiger partial charge on any atom is -0.339 e. The third-order valence-corrected chi connectivity index (χ3v) is 8.74. The molecule has 9 nitrogen and oxygen atoms in total. The molecule has 2 aromatic heterocycles. The first-order valence-corrected chi connectivity index (χ1v) is 14.3. The second-order valence-corrected chi connectivity index (χ2v) is 12.1. The quantitative estimate of drug-likeness (QED) is 0.294. The van der Waals surface area contributed by atoms with Gasteiger partial charge in [-0.1, -0.05) is 37.3 Å². The second-order valence-electron chi connectivity index (χ2n) is 12.1. The van der Waals surface area contributed by atoms with Crippen molar-refractivity contribution in [3.63, 3.8) is 0 Å². The predicted molar refractivity (Wildman–Crippen MR) is 155 cm³/mol. The maximum Gasteiger partial charge on any atom is 0.412 e. The van der Waals surface area contributed by atoms with E-state index >= 15 is 0 Å². The number of nitrogens with one attached hydrogen (secondary N) is 1. The molecule has 1 saturated carbocycles. The fourth-order valence-electron chi connectivity index (χ4n) is 6.42. The van der Waals surface area contributed by atoms with Gasteiger partial charge in [0.1, 0.15) is 24.1 Å². The van der Waals surface area contributed by atoms with Crippen LogP contribution in [0.5, 0.6) is 0 Å². The lowest BCUT2D eigenvalue weighted by Crippen LogP contribution is -2.51. The van der Waals surface area contributed by atoms with Crippen molar-refractivity contribution in [1.82, 2.24) is 30.0 Å². The number of carbonyl (C=O) groups is 3. The van der Waals surface area contributed by atoms with Gasteiger partial charge in [-0.05, 0) is 60.9 Å². The number of Topliss-reactive ketones (excluding diaryl/α,β-unsaturated/α-hetero) is 1. The SMILES string of the molecule is CC(=O)c1nn(CC(=O)N2[C@H](C(=O)N[C@@H](c3ccccc3)C(F)(F)F)C[C@@]3(C)C[C@@H]23)c2c(C)cc(-c3cnc(C)nc3)cc12. The molecule has 2 fully saturated rings. The van der Waals surface area contributed by atoms with E-state index in [2.05, 4.69) is 20.4 Å². The highest BCUT2D eigenvalue weighted by Gasteiger charge is 2.64. The van der Waals surface area contributed by atoms with Gasteiger partial charge in [0, 0.05) is 36.3 Å². The number of rotatable bonds is 7. The lowest BCUT2D eigenvalue weighted by atomic mass is 10.0. The molecule has 1 N–H and O–H groups in total. The number of aryl methyl sites for hydroxylation is 2. The Bertz CT molecular complexity index is 1790. The maximum absolute atomic E-state index is 14.0. The fraction of sp³-hybridized carbons (Fsp3) is 0.375. The lowest BCUT2D eigenvalue weighted by Gasteiger charge is -2.30. The van der Waals surface area contributed by atoms with E-state index in [1.165, 1.54) is 40.8 Å². The van der Waals surface area contributed by atoms with Crippen LogP contribution < -0.4 is 5.32 Å². The van der Waals surface area contributed by atoms with Gasteiger partial charge in [0.15, 0.2) is 11.8 Å². The molecule has 1 saturated heterocycles. The van der Waals surface area contributed by atoms with Crippen LogP contribution in [0.15, 0.2) is 54.9 Å². The molecule has 4 atom stereocenters. The summed E-state index contributed by atoms with van der Waals surface area (Å²) in [5.41, 5.74) is 2.63. The number of hydrogen-bond acceptors (Lipinski definition) is 6. The molecule has 1 aliphatic heterocycles. The van der Waals surface area contributed by atoms with Crippen molar-refractivity contribution < 1.29 is 27.6 Å². The number of fused-ring (bicyclic) bond motifs is 2. The van der Waals surface area contributed by atoms with Crippen LogP contribution in [-0.4, -0.2) is 60.5 Å². The minimum atomic E-state index is -4.73. The fourth-order valence-corrected chi connectivity index (χ4v) is 6.42. The van der Waals surface area contributed by atoms with Gasteiger partial charge in [0.05, 0.1) is 5.52 Å². The number of amides is 2. The molecule has 228 valence electrons. The van der Waals surface area contributed by atoms with Crippen molar-refractivity contribution in [2.24, 2.45) is 5.41 Å². The number of alkyl halides is 3. The molecule has 2 amide bonds. The van der Waals surface area contributed by atoms with E-state index in [1.807, 2.05) is 26.0 Å². The Morgan fingerprint density at radius 1 is 1.05 bits per heavy atom. The number of likely N-dealkylation sites (tertiary alicyclic amines) is 1. The standard InChI is InChI=1S/C32H31F3N6O3/c1-17-10-21(22-14-36-19(3)37-15-22)11-23-27(18(2)42)39-40(28(17)23)16-26(43)41-24(12-31(4)13-25(31)41)30(44)38-29(32(33,34)35)20-8-6-5-7-9-20/h5-11,14-15,24-25,29H,12-13,16H2,1-4H3,(H,38,44)/t24-,25+,29-,31-/m0/s1. The van der Waals surface area contributed by atoms with Gasteiger partial charge in [-0.3, -0.25) is 19.1 Å². The maximum atomic E-state index is 14.0. The van der Waals surface area contributed by atoms with Crippen molar-refractivity contribution in [3.8, 4) is 11.1 Å². The van der Waals surface area contributed by atoms with Crippen molar-refractivity contribution in [2.45, 2.75) is 71.4 Å². The van der Waals surface area contributed by atoms with E-state index in [-0.39, 0.29) is 41.5 Å². The van der Waals surface area contributed by atoms with Crippen LogP contribution in [0.1, 0.15) is 60.2 Å². The number of piperidine rings is 1. The van der Waals surface area contributed by atoms with E-state index in [4.69, 9.17) is 0 Å². The number of halogens is 3. The summed E-state index contributed by atoms with van der Waals surface area (Å²) in [5, 5.41) is 7.22. The number of carbonyl (C=O) groups excluding carboxylic acids is 3. The molecule has 0 bridgehead atoms. The molecule has 3 heterocycles. The number of nitrogens with zero attached hydrogens (tertiary/aromatic N) is 5. The average molecular weight is 605 g/mol. The molecule has 4 aromatic rings. The molecule has 44 heavy (non-hydrogen) atoms. The van der Waals surface area contributed by atoms with Crippen LogP contribution in [-0.2, 0) is 16.1 Å². The monoisotopic (exact) mass is 604 g/mol. The Labute approximate surface area is 251 Å². The van der Waals surface area contributed by atoms with Gasteiger partial charge in [-0.25, -0.2) is 9.97 Å². The first-order chi connectivity index (χ1) is 20.8. The third kappa shape index (κ3) is 5.22. The molecular weight excluding hydrogens is 573 g/mol.